The van der Waals surface area contributed by atoms with E-state index in [1.807, 2.05) is 11.7 Å². The van der Waals surface area contributed by atoms with E-state index in [1.54, 1.807) is 0 Å². The molecule has 1 aromatic rings. The van der Waals surface area contributed by atoms with E-state index in [2.05, 4.69) is 25.0 Å². The maximum Gasteiger partial charge on any atom is 0.0624 e. The molecule has 3 heteroatoms. The van der Waals surface area contributed by atoms with E-state index in [0.717, 1.165) is 30.1 Å². The Labute approximate surface area is 110 Å². The number of aliphatic hydroxyl groups is 1. The predicted octanol–water partition coefficient (Wildman–Crippen LogP) is 2.71. The third-order valence-corrected chi connectivity index (χ3v) is 4.33. The molecule has 102 valence electrons. The molecule has 3 atom stereocenters. The predicted molar refractivity (Wildman–Crippen MR) is 73.4 cm³/mol. The van der Waals surface area contributed by atoms with Gasteiger partial charge in [0.1, 0.15) is 0 Å². The minimum Gasteiger partial charge on any atom is -0.392 e. The standard InChI is InChI=1S/C15H26N2O/c1-4-13-9-14(17(3)16-13)10-15(18)12-7-5-6-11(2)8-12/h9,11-12,15,18H,4-8,10H2,1-3H3. The molecule has 1 aliphatic carbocycles. The van der Waals surface area contributed by atoms with Crippen molar-refractivity contribution < 1.29 is 5.11 Å². The van der Waals surface area contributed by atoms with Gasteiger partial charge in [-0.15, -0.1) is 0 Å². The lowest BCUT2D eigenvalue weighted by molar-refractivity contribution is 0.0705. The molecule has 0 radical (unpaired) electrons. The van der Waals surface area contributed by atoms with Gasteiger partial charge in [-0.2, -0.15) is 5.10 Å². The molecule has 1 fully saturated rings. The van der Waals surface area contributed by atoms with Crippen LogP contribution in [0.4, 0.5) is 0 Å². The maximum atomic E-state index is 10.4. The minimum absolute atomic E-state index is 0.201. The topological polar surface area (TPSA) is 38.0 Å². The second-order valence-corrected chi connectivity index (χ2v) is 5.91. The summed E-state index contributed by atoms with van der Waals surface area (Å²) < 4.78 is 1.92. The van der Waals surface area contributed by atoms with Gasteiger partial charge in [-0.3, -0.25) is 4.68 Å². The van der Waals surface area contributed by atoms with Crippen molar-refractivity contribution in [3.05, 3.63) is 17.5 Å². The Bertz CT molecular complexity index is 386. The van der Waals surface area contributed by atoms with Crippen LogP contribution in [0.25, 0.3) is 0 Å². The average molecular weight is 250 g/mol. The van der Waals surface area contributed by atoms with Gasteiger partial charge in [0.15, 0.2) is 0 Å². The third kappa shape index (κ3) is 3.14. The maximum absolute atomic E-state index is 10.4. The van der Waals surface area contributed by atoms with Gasteiger partial charge in [0, 0.05) is 19.2 Å². The minimum atomic E-state index is -0.201. The molecule has 0 bridgehead atoms. The number of rotatable bonds is 4. The van der Waals surface area contributed by atoms with Crippen molar-refractivity contribution >= 4 is 0 Å². The molecule has 0 saturated heterocycles. The van der Waals surface area contributed by atoms with E-state index >= 15 is 0 Å². The summed E-state index contributed by atoms with van der Waals surface area (Å²) in [5.41, 5.74) is 2.29. The van der Waals surface area contributed by atoms with Crippen molar-refractivity contribution in [2.75, 3.05) is 0 Å². The summed E-state index contributed by atoms with van der Waals surface area (Å²) in [6.07, 6.45) is 6.48. The van der Waals surface area contributed by atoms with E-state index in [4.69, 9.17) is 0 Å². The largest absolute Gasteiger partial charge is 0.392 e. The summed E-state index contributed by atoms with van der Waals surface area (Å²) in [6.45, 7) is 4.42. The van der Waals surface area contributed by atoms with Gasteiger partial charge in [0.2, 0.25) is 0 Å². The van der Waals surface area contributed by atoms with E-state index < -0.39 is 0 Å². The Kier molecular flexibility index (Phi) is 4.44. The van der Waals surface area contributed by atoms with Crippen molar-refractivity contribution in [1.82, 2.24) is 9.78 Å². The Balaban J connectivity index is 1.97. The highest BCUT2D eigenvalue weighted by atomic mass is 16.3. The fourth-order valence-corrected chi connectivity index (χ4v) is 3.15. The second kappa shape index (κ2) is 5.87. The van der Waals surface area contributed by atoms with Crippen LogP contribution in [0.3, 0.4) is 0 Å². The molecule has 1 aromatic heterocycles. The monoisotopic (exact) mass is 250 g/mol. The molecule has 0 aromatic carbocycles. The molecule has 18 heavy (non-hydrogen) atoms. The van der Waals surface area contributed by atoms with Gasteiger partial charge < -0.3 is 5.11 Å². The second-order valence-electron chi connectivity index (χ2n) is 5.91. The van der Waals surface area contributed by atoms with Gasteiger partial charge in [0.05, 0.1) is 11.8 Å². The summed E-state index contributed by atoms with van der Waals surface area (Å²) in [5.74, 6) is 1.25. The smallest absolute Gasteiger partial charge is 0.0624 e. The number of hydrogen-bond donors (Lipinski definition) is 1. The van der Waals surface area contributed by atoms with Gasteiger partial charge in [0.25, 0.3) is 0 Å². The highest BCUT2D eigenvalue weighted by Gasteiger charge is 2.26. The van der Waals surface area contributed by atoms with Crippen LogP contribution in [0, 0.1) is 11.8 Å². The lowest BCUT2D eigenvalue weighted by Crippen LogP contribution is -2.28. The number of aryl methyl sites for hydroxylation is 2. The number of nitrogens with zero attached hydrogens (tertiary/aromatic N) is 2. The Morgan fingerprint density at radius 2 is 2.28 bits per heavy atom. The molecule has 0 aliphatic heterocycles. The number of aromatic nitrogens is 2. The first-order chi connectivity index (χ1) is 8.60. The first kappa shape index (κ1) is 13.6. The quantitative estimate of drug-likeness (QED) is 0.892. The van der Waals surface area contributed by atoms with Gasteiger partial charge in [-0.1, -0.05) is 26.7 Å². The fourth-order valence-electron chi connectivity index (χ4n) is 3.15. The van der Waals surface area contributed by atoms with Crippen LogP contribution in [0.2, 0.25) is 0 Å². The third-order valence-electron chi connectivity index (χ3n) is 4.33. The van der Waals surface area contributed by atoms with Gasteiger partial charge in [-0.25, -0.2) is 0 Å². The molecule has 3 unspecified atom stereocenters. The van der Waals surface area contributed by atoms with Crippen molar-refractivity contribution in [2.24, 2.45) is 18.9 Å². The first-order valence-corrected chi connectivity index (χ1v) is 7.30. The van der Waals surface area contributed by atoms with E-state index in [0.29, 0.717) is 5.92 Å². The molecule has 1 aliphatic rings. The highest BCUT2D eigenvalue weighted by molar-refractivity contribution is 5.11. The van der Waals surface area contributed by atoms with Crippen LogP contribution in [0.1, 0.15) is 50.9 Å². The highest BCUT2D eigenvalue weighted by Crippen LogP contribution is 2.31. The summed E-state index contributed by atoms with van der Waals surface area (Å²) in [7, 11) is 1.98. The molecule has 0 spiro atoms. The molecular formula is C15H26N2O. The average Bonchev–Trinajstić information content (AvgIpc) is 2.70. The first-order valence-electron chi connectivity index (χ1n) is 7.30. The summed E-state index contributed by atoms with van der Waals surface area (Å²) in [4.78, 5) is 0. The summed E-state index contributed by atoms with van der Waals surface area (Å²) in [5, 5.41) is 14.9. The van der Waals surface area contributed by atoms with Gasteiger partial charge >= 0.3 is 0 Å². The van der Waals surface area contributed by atoms with Crippen LogP contribution >= 0.6 is 0 Å². The Hall–Kier alpha value is -0.830. The number of aliphatic hydroxyl groups excluding tert-OH is 1. The lowest BCUT2D eigenvalue weighted by atomic mass is 9.78. The van der Waals surface area contributed by atoms with Crippen LogP contribution in [0.15, 0.2) is 6.07 Å². The van der Waals surface area contributed by atoms with Crippen molar-refractivity contribution in [2.45, 2.75) is 58.5 Å². The van der Waals surface area contributed by atoms with E-state index in [1.165, 1.54) is 25.7 Å². The van der Waals surface area contributed by atoms with Crippen molar-refractivity contribution in [3.8, 4) is 0 Å². The fraction of sp³-hybridized carbons (Fsp3) is 0.800. The summed E-state index contributed by atoms with van der Waals surface area (Å²) >= 11 is 0. The Morgan fingerprint density at radius 1 is 1.50 bits per heavy atom. The van der Waals surface area contributed by atoms with Gasteiger partial charge in [-0.05, 0) is 37.2 Å². The molecule has 3 nitrogen and oxygen atoms in total. The normalized spacial score (nSPS) is 26.2. The number of hydrogen-bond acceptors (Lipinski definition) is 2. The lowest BCUT2D eigenvalue weighted by Gasteiger charge is -2.30. The molecule has 1 heterocycles. The van der Waals surface area contributed by atoms with Crippen LogP contribution in [0.5, 0.6) is 0 Å². The zero-order chi connectivity index (χ0) is 13.1. The molecule has 2 rings (SSSR count). The molecule has 1 saturated carbocycles. The van der Waals surface area contributed by atoms with Crippen LogP contribution < -0.4 is 0 Å². The van der Waals surface area contributed by atoms with Crippen molar-refractivity contribution in [1.29, 1.82) is 0 Å². The molecule has 1 N–H and O–H groups in total. The Morgan fingerprint density at radius 3 is 2.89 bits per heavy atom. The molecule has 0 amide bonds. The SMILES string of the molecule is CCc1cc(CC(O)C2CCCC(C)C2)n(C)n1. The molecular weight excluding hydrogens is 224 g/mol. The van der Waals surface area contributed by atoms with Crippen LogP contribution in [-0.4, -0.2) is 21.0 Å². The summed E-state index contributed by atoms with van der Waals surface area (Å²) in [6, 6.07) is 2.13. The zero-order valence-electron chi connectivity index (χ0n) is 11.9. The van der Waals surface area contributed by atoms with E-state index in [-0.39, 0.29) is 6.10 Å². The van der Waals surface area contributed by atoms with Crippen LogP contribution in [-0.2, 0) is 19.9 Å². The van der Waals surface area contributed by atoms with E-state index in [9.17, 15) is 5.11 Å². The zero-order valence-corrected chi connectivity index (χ0v) is 11.9. The van der Waals surface area contributed by atoms with Crippen molar-refractivity contribution in [3.63, 3.8) is 0 Å².